The van der Waals surface area contributed by atoms with Crippen LogP contribution in [0.15, 0.2) is 12.4 Å². The number of carbonyl (C=O) groups excluding carboxylic acids is 2. The molecule has 4 unspecified atom stereocenters. The molecule has 4 N–H and O–H groups in total. The van der Waals surface area contributed by atoms with Crippen LogP contribution in [0, 0.1) is 11.7 Å². The van der Waals surface area contributed by atoms with Crippen molar-refractivity contribution in [2.75, 3.05) is 64.6 Å². The molecule has 4 atom stereocenters. The Bertz CT molecular complexity index is 1120. The maximum absolute atomic E-state index is 15.2. The highest BCUT2D eigenvalue weighted by Gasteiger charge is 2.41. The van der Waals surface area contributed by atoms with Gasteiger partial charge in [-0.3, -0.25) is 14.5 Å². The predicted octanol–water partition coefficient (Wildman–Crippen LogP) is -0.655. The molecule has 3 aliphatic rings. The van der Waals surface area contributed by atoms with Crippen molar-refractivity contribution in [3.63, 3.8) is 0 Å². The number of alkyl halides is 1. The summed E-state index contributed by atoms with van der Waals surface area (Å²) in [6.07, 6.45) is 1.76. The molecule has 13 heteroatoms. The number of hydrogen-bond acceptors (Lipinski definition) is 8. The molecular weight excluding hydrogens is 472 g/mol. The number of halogens is 2. The van der Waals surface area contributed by atoms with Gasteiger partial charge in [-0.1, -0.05) is 6.92 Å². The zero-order chi connectivity index (χ0) is 25.4. The van der Waals surface area contributed by atoms with Crippen molar-refractivity contribution in [1.82, 2.24) is 39.9 Å². The highest BCUT2D eigenvalue weighted by atomic mass is 19.1. The average molecular weight is 506 g/mol. The molecule has 2 amide bonds. The number of nitrogen functional groups attached to an aromatic ring is 1. The molecule has 3 fully saturated rings. The first-order valence-electron chi connectivity index (χ1n) is 12.6. The molecule has 2 aromatic rings. The minimum Gasteiger partial charge on any atom is -0.381 e. The smallest absolute Gasteiger partial charge is 0.259 e. The van der Waals surface area contributed by atoms with E-state index in [1.807, 2.05) is 9.80 Å². The summed E-state index contributed by atoms with van der Waals surface area (Å²) < 4.78 is 29.8. The van der Waals surface area contributed by atoms with Gasteiger partial charge >= 0.3 is 0 Å². The van der Waals surface area contributed by atoms with Crippen LogP contribution in [0.4, 0.5) is 14.6 Å². The second-order valence-electron chi connectivity index (χ2n) is 9.79. The lowest BCUT2D eigenvalue weighted by Gasteiger charge is -2.46. The molecule has 0 saturated carbocycles. The van der Waals surface area contributed by atoms with Crippen LogP contribution < -0.4 is 16.4 Å². The molecule has 36 heavy (non-hydrogen) atoms. The molecule has 0 radical (unpaired) electrons. The summed E-state index contributed by atoms with van der Waals surface area (Å²) >= 11 is 0. The Morgan fingerprint density at radius 2 is 2.00 bits per heavy atom. The van der Waals surface area contributed by atoms with Gasteiger partial charge in [-0.05, 0) is 19.5 Å². The molecule has 2 aromatic heterocycles. The fourth-order valence-electron chi connectivity index (χ4n) is 5.70. The number of aromatic nitrogens is 3. The Hall–Kier alpha value is -2.90. The van der Waals surface area contributed by atoms with Crippen molar-refractivity contribution in [2.45, 2.75) is 31.6 Å². The number of nitrogens with two attached hydrogens (primary N) is 1. The van der Waals surface area contributed by atoms with Crippen LogP contribution in [0.2, 0.25) is 0 Å². The van der Waals surface area contributed by atoms with Gasteiger partial charge in [0.2, 0.25) is 5.91 Å². The third-order valence-corrected chi connectivity index (χ3v) is 7.61. The summed E-state index contributed by atoms with van der Waals surface area (Å²) in [7, 11) is 0. The molecule has 3 aliphatic heterocycles. The van der Waals surface area contributed by atoms with Crippen molar-refractivity contribution < 1.29 is 18.4 Å². The Kier molecular flexibility index (Phi) is 7.04. The molecule has 0 aromatic carbocycles. The number of rotatable bonds is 5. The van der Waals surface area contributed by atoms with Gasteiger partial charge in [0.15, 0.2) is 17.3 Å². The monoisotopic (exact) mass is 505 g/mol. The molecule has 0 bridgehead atoms. The first kappa shape index (κ1) is 24.8. The summed E-state index contributed by atoms with van der Waals surface area (Å²) in [6, 6.07) is -1.09. The number of piperazine rings is 1. The van der Waals surface area contributed by atoms with E-state index in [9.17, 15) is 14.0 Å². The third-order valence-electron chi connectivity index (χ3n) is 7.61. The highest BCUT2D eigenvalue weighted by molar-refractivity contribution is 6.04. The van der Waals surface area contributed by atoms with Crippen molar-refractivity contribution >= 4 is 23.3 Å². The number of anilines is 1. The second kappa shape index (κ2) is 10.2. The van der Waals surface area contributed by atoms with Crippen molar-refractivity contribution in [3.05, 3.63) is 23.8 Å². The second-order valence-corrected chi connectivity index (χ2v) is 9.79. The van der Waals surface area contributed by atoms with Gasteiger partial charge in [0.1, 0.15) is 11.7 Å². The van der Waals surface area contributed by atoms with Gasteiger partial charge in [-0.2, -0.15) is 0 Å². The fourth-order valence-corrected chi connectivity index (χ4v) is 5.70. The summed E-state index contributed by atoms with van der Waals surface area (Å²) in [6.45, 7) is 7.52. The third kappa shape index (κ3) is 4.74. The van der Waals surface area contributed by atoms with Gasteiger partial charge in [-0.15, -0.1) is 5.10 Å². The number of nitrogens with one attached hydrogen (secondary N) is 2. The number of piperidine rings is 1. The van der Waals surface area contributed by atoms with E-state index in [0.29, 0.717) is 32.7 Å². The number of carbonyl (C=O) groups is 2. The van der Waals surface area contributed by atoms with E-state index in [-0.39, 0.29) is 35.4 Å². The SMILES string of the molecule is CCN1CCC(C(=O)N2CCN(C3C(F)CNCC3NC(=O)c3c(N)nn4cc(F)cnc34)CC2)C1. The number of hydrogen-bond donors (Lipinski definition) is 3. The molecule has 11 nitrogen and oxygen atoms in total. The molecule has 5 rings (SSSR count). The van der Waals surface area contributed by atoms with E-state index in [4.69, 9.17) is 5.73 Å². The molecule has 196 valence electrons. The maximum Gasteiger partial charge on any atom is 0.259 e. The number of fused-ring (bicyclic) bond motifs is 1. The fraction of sp³-hybridized carbons (Fsp3) is 0.652. The lowest BCUT2D eigenvalue weighted by atomic mass is 9.95. The normalized spacial score (nSPS) is 28.0. The Morgan fingerprint density at radius 1 is 1.22 bits per heavy atom. The molecule has 5 heterocycles. The topological polar surface area (TPSA) is 124 Å². The highest BCUT2D eigenvalue weighted by Crippen LogP contribution is 2.23. The average Bonchev–Trinajstić information content (AvgIpc) is 3.47. The molecular formula is C23H33F2N9O2. The van der Waals surface area contributed by atoms with Gasteiger partial charge < -0.3 is 26.2 Å². The lowest BCUT2D eigenvalue weighted by molar-refractivity contribution is -0.137. The minimum absolute atomic E-state index is 0.0304. The first-order chi connectivity index (χ1) is 17.4. The summed E-state index contributed by atoms with van der Waals surface area (Å²) in [4.78, 5) is 36.3. The Balaban J connectivity index is 1.25. The largest absolute Gasteiger partial charge is 0.381 e. The van der Waals surface area contributed by atoms with E-state index in [2.05, 4.69) is 32.5 Å². The predicted molar refractivity (Wildman–Crippen MR) is 129 cm³/mol. The van der Waals surface area contributed by atoms with E-state index < -0.39 is 30.0 Å². The first-order valence-corrected chi connectivity index (χ1v) is 12.6. The summed E-state index contributed by atoms with van der Waals surface area (Å²) in [5, 5.41) is 9.90. The van der Waals surface area contributed by atoms with Crippen LogP contribution in [0.25, 0.3) is 5.65 Å². The van der Waals surface area contributed by atoms with E-state index in [1.165, 1.54) is 0 Å². The summed E-state index contributed by atoms with van der Waals surface area (Å²) in [5.74, 6) is -1.01. The van der Waals surface area contributed by atoms with Gasteiger partial charge in [0.05, 0.1) is 30.4 Å². The number of amides is 2. The van der Waals surface area contributed by atoms with Crippen LogP contribution in [0.1, 0.15) is 23.7 Å². The molecule has 0 aliphatic carbocycles. The van der Waals surface area contributed by atoms with Gasteiger partial charge in [0, 0.05) is 45.8 Å². The lowest BCUT2D eigenvalue weighted by Crippen LogP contribution is -2.67. The molecule has 0 spiro atoms. The Morgan fingerprint density at radius 3 is 2.72 bits per heavy atom. The Labute approximate surface area is 208 Å². The zero-order valence-electron chi connectivity index (χ0n) is 20.4. The van der Waals surface area contributed by atoms with E-state index in [1.54, 1.807) is 0 Å². The maximum atomic E-state index is 15.2. The van der Waals surface area contributed by atoms with Crippen LogP contribution >= 0.6 is 0 Å². The number of likely N-dealkylation sites (tertiary alicyclic amines) is 1. The van der Waals surface area contributed by atoms with E-state index in [0.717, 1.165) is 43.0 Å². The number of nitrogens with zero attached hydrogens (tertiary/aromatic N) is 6. The zero-order valence-corrected chi connectivity index (χ0v) is 20.4. The molecule has 3 saturated heterocycles. The standard InChI is InChI=1S/C23H33F2N9O2/c1-2-31-4-3-14(12-31)23(36)33-7-5-32(6-8-33)19-16(25)10-27-11-17(19)29-22(35)18-20(26)30-34-13-15(24)9-28-21(18)34/h9,13-14,16-17,19,27H,2-8,10-12H2,1H3,(H2,26,30)(H,29,35). The quantitative estimate of drug-likeness (QED) is 0.490. The summed E-state index contributed by atoms with van der Waals surface area (Å²) in [5.41, 5.74) is 6.09. The van der Waals surface area contributed by atoms with Crippen LogP contribution in [-0.2, 0) is 4.79 Å². The van der Waals surface area contributed by atoms with E-state index >= 15 is 4.39 Å². The van der Waals surface area contributed by atoms with Crippen LogP contribution in [-0.4, -0.2) is 118 Å². The van der Waals surface area contributed by atoms with Crippen LogP contribution in [0.5, 0.6) is 0 Å². The van der Waals surface area contributed by atoms with Crippen molar-refractivity contribution in [2.24, 2.45) is 5.92 Å². The van der Waals surface area contributed by atoms with Gasteiger partial charge in [-0.25, -0.2) is 18.3 Å². The van der Waals surface area contributed by atoms with Gasteiger partial charge in [0.25, 0.3) is 5.91 Å². The van der Waals surface area contributed by atoms with Crippen molar-refractivity contribution in [3.8, 4) is 0 Å². The van der Waals surface area contributed by atoms with Crippen LogP contribution in [0.3, 0.4) is 0 Å². The minimum atomic E-state index is -1.20. The van der Waals surface area contributed by atoms with Crippen molar-refractivity contribution in [1.29, 1.82) is 0 Å².